The Morgan fingerprint density at radius 2 is 1.96 bits per heavy atom. The maximum absolute atomic E-state index is 12.7. The lowest BCUT2D eigenvalue weighted by molar-refractivity contribution is 0.279. The van der Waals surface area contributed by atoms with Crippen LogP contribution >= 0.6 is 22.9 Å². The lowest BCUT2D eigenvalue weighted by atomic mass is 10.1. The number of fused-ring (bicyclic) bond motifs is 1. The standard InChI is InChI=1S/C20H18ClN3O2S/c1-12-3-8-15(26-12)9-24(2)10-17-22-19(25)18-16(11-27-20(18)23-17)13-4-6-14(21)7-5-13/h3-8,11H,9-10H2,1-2H3,(H,22,23,25). The van der Waals surface area contributed by atoms with Crippen LogP contribution in [-0.4, -0.2) is 21.9 Å². The largest absolute Gasteiger partial charge is 0.465 e. The number of benzene rings is 1. The number of hydrogen-bond donors (Lipinski definition) is 1. The molecule has 1 aromatic carbocycles. The van der Waals surface area contributed by atoms with E-state index >= 15 is 0 Å². The van der Waals surface area contributed by atoms with Crippen molar-refractivity contribution in [1.29, 1.82) is 0 Å². The number of halogens is 1. The molecule has 27 heavy (non-hydrogen) atoms. The van der Waals surface area contributed by atoms with Gasteiger partial charge in [-0.1, -0.05) is 23.7 Å². The SMILES string of the molecule is Cc1ccc(CN(C)Cc2nc3scc(-c4ccc(Cl)cc4)c3c(=O)[nH]2)o1. The van der Waals surface area contributed by atoms with Crippen LogP contribution in [0, 0.1) is 6.92 Å². The first kappa shape index (κ1) is 18.0. The molecular weight excluding hydrogens is 382 g/mol. The van der Waals surface area contributed by atoms with Gasteiger partial charge >= 0.3 is 0 Å². The van der Waals surface area contributed by atoms with Crippen molar-refractivity contribution in [3.63, 3.8) is 0 Å². The van der Waals surface area contributed by atoms with E-state index in [0.29, 0.717) is 29.3 Å². The fraction of sp³-hybridized carbons (Fsp3) is 0.200. The summed E-state index contributed by atoms with van der Waals surface area (Å²) in [6.07, 6.45) is 0. The fourth-order valence-corrected chi connectivity index (χ4v) is 4.15. The van der Waals surface area contributed by atoms with E-state index in [-0.39, 0.29) is 5.56 Å². The van der Waals surface area contributed by atoms with Gasteiger partial charge in [0.1, 0.15) is 22.2 Å². The molecule has 0 spiro atoms. The summed E-state index contributed by atoms with van der Waals surface area (Å²) in [6, 6.07) is 11.4. The molecule has 0 unspecified atom stereocenters. The van der Waals surface area contributed by atoms with E-state index in [1.165, 1.54) is 11.3 Å². The van der Waals surface area contributed by atoms with E-state index in [0.717, 1.165) is 27.5 Å². The van der Waals surface area contributed by atoms with Crippen molar-refractivity contribution in [3.05, 3.63) is 74.5 Å². The molecule has 3 heterocycles. The van der Waals surface area contributed by atoms with Crippen LogP contribution in [0.4, 0.5) is 0 Å². The monoisotopic (exact) mass is 399 g/mol. The third-order valence-corrected chi connectivity index (χ3v) is 5.41. The van der Waals surface area contributed by atoms with Crippen molar-refractivity contribution in [2.75, 3.05) is 7.05 Å². The highest BCUT2D eigenvalue weighted by Gasteiger charge is 2.14. The Kier molecular flexibility index (Phi) is 4.86. The van der Waals surface area contributed by atoms with Crippen LogP contribution in [0.3, 0.4) is 0 Å². The van der Waals surface area contributed by atoms with Gasteiger partial charge in [0.15, 0.2) is 0 Å². The van der Waals surface area contributed by atoms with Gasteiger partial charge in [0.05, 0.1) is 18.5 Å². The zero-order valence-electron chi connectivity index (χ0n) is 15.0. The molecule has 0 bridgehead atoms. The van der Waals surface area contributed by atoms with E-state index in [2.05, 4.69) is 14.9 Å². The van der Waals surface area contributed by atoms with Crippen LogP contribution in [0.5, 0.6) is 0 Å². The number of nitrogens with zero attached hydrogens (tertiary/aromatic N) is 2. The highest BCUT2D eigenvalue weighted by atomic mass is 35.5. The van der Waals surface area contributed by atoms with Crippen LogP contribution in [0.15, 0.2) is 51.0 Å². The maximum Gasteiger partial charge on any atom is 0.260 e. The molecule has 0 aliphatic heterocycles. The van der Waals surface area contributed by atoms with Crippen LogP contribution < -0.4 is 5.56 Å². The minimum absolute atomic E-state index is 0.122. The van der Waals surface area contributed by atoms with Crippen molar-refractivity contribution < 1.29 is 4.42 Å². The number of thiophene rings is 1. The number of nitrogens with one attached hydrogen (secondary N) is 1. The summed E-state index contributed by atoms with van der Waals surface area (Å²) in [7, 11) is 1.97. The molecule has 0 saturated carbocycles. The van der Waals surface area contributed by atoms with Crippen molar-refractivity contribution in [3.8, 4) is 11.1 Å². The molecule has 138 valence electrons. The predicted octanol–water partition coefficient (Wildman–Crippen LogP) is 4.84. The van der Waals surface area contributed by atoms with Gasteiger partial charge in [-0.25, -0.2) is 4.98 Å². The average Bonchev–Trinajstić information content (AvgIpc) is 3.22. The molecule has 0 fully saturated rings. The Balaban J connectivity index is 1.61. The third kappa shape index (κ3) is 3.83. The zero-order chi connectivity index (χ0) is 19.0. The molecule has 0 saturated heterocycles. The molecule has 3 aromatic heterocycles. The summed E-state index contributed by atoms with van der Waals surface area (Å²) in [6.45, 7) is 3.10. The molecule has 0 amide bonds. The van der Waals surface area contributed by atoms with Gasteiger partial charge in [-0.05, 0) is 43.8 Å². The number of H-pyrrole nitrogens is 1. The zero-order valence-corrected chi connectivity index (χ0v) is 16.5. The van der Waals surface area contributed by atoms with Gasteiger partial charge < -0.3 is 9.40 Å². The Morgan fingerprint density at radius 3 is 2.67 bits per heavy atom. The molecule has 0 radical (unpaired) electrons. The minimum Gasteiger partial charge on any atom is -0.465 e. The van der Waals surface area contributed by atoms with E-state index in [1.807, 2.05) is 55.7 Å². The van der Waals surface area contributed by atoms with Crippen molar-refractivity contribution >= 4 is 33.2 Å². The van der Waals surface area contributed by atoms with E-state index < -0.39 is 0 Å². The Morgan fingerprint density at radius 1 is 1.19 bits per heavy atom. The summed E-state index contributed by atoms with van der Waals surface area (Å²) in [5.74, 6) is 2.42. The summed E-state index contributed by atoms with van der Waals surface area (Å²) >= 11 is 7.44. The van der Waals surface area contributed by atoms with Crippen molar-refractivity contribution in [1.82, 2.24) is 14.9 Å². The second kappa shape index (κ2) is 7.31. The molecule has 4 aromatic rings. The van der Waals surface area contributed by atoms with Crippen LogP contribution in [0.25, 0.3) is 21.3 Å². The second-order valence-corrected chi connectivity index (χ2v) is 7.83. The molecule has 1 N–H and O–H groups in total. The number of rotatable bonds is 5. The van der Waals surface area contributed by atoms with Gasteiger partial charge in [-0.3, -0.25) is 9.69 Å². The van der Waals surface area contributed by atoms with E-state index in [4.69, 9.17) is 16.0 Å². The molecule has 7 heteroatoms. The summed E-state index contributed by atoms with van der Waals surface area (Å²) < 4.78 is 5.61. The highest BCUT2D eigenvalue weighted by Crippen LogP contribution is 2.31. The summed E-state index contributed by atoms with van der Waals surface area (Å²) in [5.41, 5.74) is 1.71. The number of aromatic nitrogens is 2. The van der Waals surface area contributed by atoms with Crippen LogP contribution in [-0.2, 0) is 13.1 Å². The Bertz CT molecular complexity index is 1140. The summed E-state index contributed by atoms with van der Waals surface area (Å²) in [5, 5.41) is 3.26. The molecule has 4 rings (SSSR count). The first-order valence-electron chi connectivity index (χ1n) is 8.50. The number of aromatic amines is 1. The minimum atomic E-state index is -0.122. The van der Waals surface area contributed by atoms with Gasteiger partial charge in [0, 0.05) is 16.0 Å². The summed E-state index contributed by atoms with van der Waals surface area (Å²) in [4.78, 5) is 23.1. The number of hydrogen-bond acceptors (Lipinski definition) is 5. The molecule has 5 nitrogen and oxygen atoms in total. The van der Waals surface area contributed by atoms with Gasteiger partial charge in [-0.15, -0.1) is 11.3 Å². The normalized spacial score (nSPS) is 11.6. The lowest BCUT2D eigenvalue weighted by Crippen LogP contribution is -2.21. The quantitative estimate of drug-likeness (QED) is 0.521. The number of aryl methyl sites for hydroxylation is 1. The van der Waals surface area contributed by atoms with E-state index in [1.54, 1.807) is 0 Å². The second-order valence-electron chi connectivity index (χ2n) is 6.53. The van der Waals surface area contributed by atoms with Gasteiger partial charge in [0.2, 0.25) is 0 Å². The van der Waals surface area contributed by atoms with Gasteiger partial charge in [0.25, 0.3) is 5.56 Å². The first-order valence-corrected chi connectivity index (χ1v) is 9.75. The van der Waals surface area contributed by atoms with Crippen LogP contribution in [0.1, 0.15) is 17.3 Å². The number of furan rings is 1. The lowest BCUT2D eigenvalue weighted by Gasteiger charge is -2.14. The fourth-order valence-electron chi connectivity index (χ4n) is 3.06. The Labute approximate surface area is 165 Å². The van der Waals surface area contributed by atoms with Crippen molar-refractivity contribution in [2.24, 2.45) is 0 Å². The highest BCUT2D eigenvalue weighted by molar-refractivity contribution is 7.17. The Hall–Kier alpha value is -2.41. The maximum atomic E-state index is 12.7. The molecule has 0 aliphatic rings. The topological polar surface area (TPSA) is 62.1 Å². The molecular formula is C20H18ClN3O2S. The predicted molar refractivity (Wildman–Crippen MR) is 109 cm³/mol. The van der Waals surface area contributed by atoms with Crippen molar-refractivity contribution in [2.45, 2.75) is 20.0 Å². The van der Waals surface area contributed by atoms with Gasteiger partial charge in [-0.2, -0.15) is 0 Å². The molecule has 0 atom stereocenters. The average molecular weight is 400 g/mol. The first-order chi connectivity index (χ1) is 13.0. The van der Waals surface area contributed by atoms with E-state index in [9.17, 15) is 4.79 Å². The smallest absolute Gasteiger partial charge is 0.260 e. The third-order valence-electron chi connectivity index (χ3n) is 4.29. The van der Waals surface area contributed by atoms with Crippen LogP contribution in [0.2, 0.25) is 5.02 Å². The molecule has 0 aliphatic carbocycles.